The average molecular weight is 215 g/mol. The molecule has 0 atom stereocenters. The molecule has 0 amide bonds. The van der Waals surface area contributed by atoms with Gasteiger partial charge in [0.25, 0.3) is 0 Å². The smallest absolute Gasteiger partial charge is 0.308 e. The minimum atomic E-state index is -0.394. The maximum absolute atomic E-state index is 11.3. The van der Waals surface area contributed by atoms with Gasteiger partial charge >= 0.3 is 5.97 Å². The molecule has 0 bridgehead atoms. The van der Waals surface area contributed by atoms with Crippen LogP contribution in [0.1, 0.15) is 27.2 Å². The summed E-state index contributed by atoms with van der Waals surface area (Å²) >= 11 is 0. The fourth-order valence-electron chi connectivity index (χ4n) is 1.26. The van der Waals surface area contributed by atoms with Gasteiger partial charge in [-0.25, -0.2) is 0 Å². The lowest BCUT2D eigenvalue weighted by atomic mass is 10.1. The molecular weight excluding hydrogens is 194 g/mol. The Bertz CT molecular complexity index is 206. The van der Waals surface area contributed by atoms with Crippen LogP contribution < -0.4 is 5.32 Å². The standard InChI is InChI=1S/C11H21NO3/c1-11(2,3)15-10(13)4-5-14-8-9-6-12-7-9/h9,12H,4-8H2,1-3H3. The van der Waals surface area contributed by atoms with Crippen LogP contribution in [0.25, 0.3) is 0 Å². The van der Waals surface area contributed by atoms with Gasteiger partial charge in [0.1, 0.15) is 5.60 Å². The molecule has 88 valence electrons. The SMILES string of the molecule is CC(C)(C)OC(=O)CCOCC1CNC1. The molecule has 1 fully saturated rings. The van der Waals surface area contributed by atoms with Crippen LogP contribution in [0.2, 0.25) is 0 Å². The Kier molecular flexibility index (Phi) is 4.54. The first kappa shape index (κ1) is 12.5. The number of carbonyl (C=O) groups excluding carboxylic acids is 1. The van der Waals surface area contributed by atoms with Gasteiger partial charge < -0.3 is 14.8 Å². The van der Waals surface area contributed by atoms with E-state index in [1.54, 1.807) is 0 Å². The Morgan fingerprint density at radius 1 is 1.40 bits per heavy atom. The third-order valence-corrected chi connectivity index (χ3v) is 2.09. The molecule has 0 unspecified atom stereocenters. The molecule has 15 heavy (non-hydrogen) atoms. The van der Waals surface area contributed by atoms with Crippen molar-refractivity contribution in [3.05, 3.63) is 0 Å². The Hall–Kier alpha value is -0.610. The first-order chi connectivity index (χ1) is 6.97. The van der Waals surface area contributed by atoms with E-state index in [-0.39, 0.29) is 5.97 Å². The highest BCUT2D eigenvalue weighted by molar-refractivity contribution is 5.69. The van der Waals surface area contributed by atoms with Gasteiger partial charge in [0.05, 0.1) is 19.6 Å². The fraction of sp³-hybridized carbons (Fsp3) is 0.909. The van der Waals surface area contributed by atoms with E-state index in [9.17, 15) is 4.79 Å². The van der Waals surface area contributed by atoms with Crippen LogP contribution in [0.5, 0.6) is 0 Å². The molecule has 0 spiro atoms. The lowest BCUT2D eigenvalue weighted by molar-refractivity contribution is -0.156. The van der Waals surface area contributed by atoms with Gasteiger partial charge in [-0.15, -0.1) is 0 Å². The zero-order chi connectivity index (χ0) is 11.3. The van der Waals surface area contributed by atoms with E-state index in [1.165, 1.54) is 0 Å². The molecule has 0 aliphatic carbocycles. The van der Waals surface area contributed by atoms with Crippen molar-refractivity contribution in [2.75, 3.05) is 26.3 Å². The number of carbonyl (C=O) groups is 1. The fourth-order valence-corrected chi connectivity index (χ4v) is 1.26. The first-order valence-electron chi connectivity index (χ1n) is 5.48. The molecule has 0 radical (unpaired) electrons. The summed E-state index contributed by atoms with van der Waals surface area (Å²) in [5.41, 5.74) is -0.394. The number of esters is 1. The van der Waals surface area contributed by atoms with Gasteiger partial charge in [0, 0.05) is 19.0 Å². The maximum Gasteiger partial charge on any atom is 0.308 e. The van der Waals surface area contributed by atoms with E-state index in [2.05, 4.69) is 5.32 Å². The number of hydrogen-bond donors (Lipinski definition) is 1. The van der Waals surface area contributed by atoms with E-state index in [1.807, 2.05) is 20.8 Å². The van der Waals surface area contributed by atoms with Crippen molar-refractivity contribution in [1.82, 2.24) is 5.32 Å². The first-order valence-corrected chi connectivity index (χ1v) is 5.48. The third-order valence-electron chi connectivity index (χ3n) is 2.09. The van der Waals surface area contributed by atoms with E-state index >= 15 is 0 Å². The molecule has 0 aromatic rings. The highest BCUT2D eigenvalue weighted by Crippen LogP contribution is 2.08. The molecule has 0 aromatic carbocycles. The van der Waals surface area contributed by atoms with Gasteiger partial charge in [-0.1, -0.05) is 0 Å². The summed E-state index contributed by atoms with van der Waals surface area (Å²) in [6, 6.07) is 0. The Morgan fingerprint density at radius 2 is 2.07 bits per heavy atom. The highest BCUT2D eigenvalue weighted by Gasteiger charge is 2.18. The lowest BCUT2D eigenvalue weighted by Crippen LogP contribution is -2.44. The van der Waals surface area contributed by atoms with Crippen LogP contribution in [-0.2, 0) is 14.3 Å². The third kappa shape index (κ3) is 5.74. The van der Waals surface area contributed by atoms with E-state index in [4.69, 9.17) is 9.47 Å². The number of nitrogens with one attached hydrogen (secondary N) is 1. The summed E-state index contributed by atoms with van der Waals surface area (Å²) < 4.78 is 10.5. The molecule has 1 heterocycles. The molecule has 1 aliphatic rings. The predicted octanol–water partition coefficient (Wildman–Crippen LogP) is 0.954. The van der Waals surface area contributed by atoms with E-state index < -0.39 is 5.60 Å². The molecular formula is C11H21NO3. The van der Waals surface area contributed by atoms with Crippen LogP contribution in [0.3, 0.4) is 0 Å². The normalized spacial score (nSPS) is 17.3. The zero-order valence-electron chi connectivity index (χ0n) is 9.84. The minimum Gasteiger partial charge on any atom is -0.460 e. The van der Waals surface area contributed by atoms with Crippen molar-refractivity contribution in [2.24, 2.45) is 5.92 Å². The summed E-state index contributed by atoms with van der Waals surface area (Å²) in [7, 11) is 0. The number of rotatable bonds is 5. The Morgan fingerprint density at radius 3 is 2.53 bits per heavy atom. The molecule has 1 rings (SSSR count). The summed E-state index contributed by atoms with van der Waals surface area (Å²) in [6.07, 6.45) is 0.345. The summed E-state index contributed by atoms with van der Waals surface area (Å²) in [5.74, 6) is 0.442. The van der Waals surface area contributed by atoms with Crippen LogP contribution in [0, 0.1) is 5.92 Å². The topological polar surface area (TPSA) is 47.6 Å². The molecule has 0 aromatic heterocycles. The average Bonchev–Trinajstić information content (AvgIpc) is 1.96. The summed E-state index contributed by atoms with van der Waals surface area (Å²) in [5, 5.41) is 3.17. The van der Waals surface area contributed by atoms with Gasteiger partial charge in [-0.3, -0.25) is 4.79 Å². The molecule has 4 heteroatoms. The number of ether oxygens (including phenoxy) is 2. The van der Waals surface area contributed by atoms with Crippen molar-refractivity contribution < 1.29 is 14.3 Å². The maximum atomic E-state index is 11.3. The quantitative estimate of drug-likeness (QED) is 0.548. The second kappa shape index (κ2) is 5.47. The molecule has 1 saturated heterocycles. The van der Waals surface area contributed by atoms with Crippen LogP contribution in [-0.4, -0.2) is 37.9 Å². The minimum absolute atomic E-state index is 0.186. The monoisotopic (exact) mass is 215 g/mol. The molecule has 1 aliphatic heterocycles. The van der Waals surface area contributed by atoms with E-state index in [0.717, 1.165) is 19.7 Å². The van der Waals surface area contributed by atoms with Gasteiger partial charge in [0.2, 0.25) is 0 Å². The molecule has 0 saturated carbocycles. The summed E-state index contributed by atoms with van der Waals surface area (Å²) in [4.78, 5) is 11.3. The van der Waals surface area contributed by atoms with Gasteiger partial charge in [0.15, 0.2) is 0 Å². The second-order valence-corrected chi connectivity index (χ2v) is 4.94. The van der Waals surface area contributed by atoms with Crippen LogP contribution in [0.4, 0.5) is 0 Å². The van der Waals surface area contributed by atoms with Crippen molar-refractivity contribution in [1.29, 1.82) is 0 Å². The van der Waals surface area contributed by atoms with Crippen LogP contribution >= 0.6 is 0 Å². The molecule has 1 N–H and O–H groups in total. The van der Waals surface area contributed by atoms with Gasteiger partial charge in [-0.05, 0) is 20.8 Å². The van der Waals surface area contributed by atoms with Crippen molar-refractivity contribution >= 4 is 5.97 Å². The van der Waals surface area contributed by atoms with E-state index in [0.29, 0.717) is 18.9 Å². The van der Waals surface area contributed by atoms with Crippen molar-refractivity contribution in [3.63, 3.8) is 0 Å². The number of hydrogen-bond acceptors (Lipinski definition) is 4. The van der Waals surface area contributed by atoms with Crippen LogP contribution in [0.15, 0.2) is 0 Å². The van der Waals surface area contributed by atoms with Crippen molar-refractivity contribution in [3.8, 4) is 0 Å². The van der Waals surface area contributed by atoms with Gasteiger partial charge in [-0.2, -0.15) is 0 Å². The Balaban J connectivity index is 1.96. The summed E-state index contributed by atoms with van der Waals surface area (Å²) in [6.45, 7) is 8.88. The lowest BCUT2D eigenvalue weighted by Gasteiger charge is -2.26. The zero-order valence-corrected chi connectivity index (χ0v) is 9.84. The highest BCUT2D eigenvalue weighted by atomic mass is 16.6. The largest absolute Gasteiger partial charge is 0.460 e. The molecule has 4 nitrogen and oxygen atoms in total. The second-order valence-electron chi connectivity index (χ2n) is 4.94. The van der Waals surface area contributed by atoms with Crippen molar-refractivity contribution in [2.45, 2.75) is 32.8 Å². The Labute approximate surface area is 91.3 Å². The predicted molar refractivity (Wildman–Crippen MR) is 57.6 cm³/mol.